The number of aromatic nitrogens is 1. The van der Waals surface area contributed by atoms with E-state index in [-0.39, 0.29) is 46.8 Å². The molecule has 0 saturated heterocycles. The molecule has 4 aromatic carbocycles. The van der Waals surface area contributed by atoms with Crippen molar-refractivity contribution in [3.8, 4) is 11.5 Å². The van der Waals surface area contributed by atoms with Crippen LogP contribution in [0.4, 0.5) is 5.69 Å². The van der Waals surface area contributed by atoms with E-state index in [0.717, 1.165) is 32.6 Å². The third-order valence-corrected chi connectivity index (χ3v) is 5.21. The Labute approximate surface area is 195 Å². The van der Waals surface area contributed by atoms with Crippen molar-refractivity contribution in [1.29, 1.82) is 0 Å². The summed E-state index contributed by atoms with van der Waals surface area (Å²) in [5.74, 6) is 0.278. The van der Waals surface area contributed by atoms with Gasteiger partial charge in [0.15, 0.2) is 0 Å². The van der Waals surface area contributed by atoms with Crippen LogP contribution >= 0.6 is 0 Å². The predicted octanol–water partition coefficient (Wildman–Crippen LogP) is 2.44. The molecule has 142 valence electrons. The van der Waals surface area contributed by atoms with Crippen LogP contribution in [0.1, 0.15) is 10.4 Å². The number of amides is 1. The number of methoxy groups -OCH3 is 1. The van der Waals surface area contributed by atoms with Gasteiger partial charge in [-0.15, -0.1) is 0 Å². The molecular weight excluding hydrogens is 387 g/mol. The van der Waals surface area contributed by atoms with Gasteiger partial charge in [0.25, 0.3) is 5.91 Å². The molecule has 0 atom stereocenters. The van der Waals surface area contributed by atoms with Crippen LogP contribution in [0.2, 0.25) is 0 Å². The Morgan fingerprint density at radius 2 is 1.70 bits per heavy atom. The molecular formula is C24H18N2NaO3+. The van der Waals surface area contributed by atoms with Gasteiger partial charge >= 0.3 is 29.6 Å². The number of phenolic OH excluding ortho intramolecular Hbond substituents is 1. The molecule has 0 unspecified atom stereocenters. The summed E-state index contributed by atoms with van der Waals surface area (Å²) in [7, 11) is 1.59. The number of anilines is 1. The van der Waals surface area contributed by atoms with Crippen LogP contribution in [0, 0.1) is 0 Å². The monoisotopic (exact) mass is 405 g/mol. The Hall–Kier alpha value is -2.99. The maximum Gasteiger partial charge on any atom is 1.00 e. The minimum absolute atomic E-state index is 0. The molecule has 0 aliphatic carbocycles. The van der Waals surface area contributed by atoms with Gasteiger partial charge in [-0.25, -0.2) is 0 Å². The van der Waals surface area contributed by atoms with Gasteiger partial charge in [-0.3, -0.25) is 4.79 Å². The molecule has 3 N–H and O–H groups in total. The minimum Gasteiger partial charge on any atom is -0.507 e. The molecule has 5 nitrogen and oxygen atoms in total. The first-order valence-electron chi connectivity index (χ1n) is 9.25. The van der Waals surface area contributed by atoms with E-state index in [9.17, 15) is 9.90 Å². The summed E-state index contributed by atoms with van der Waals surface area (Å²) in [6, 6.07) is 22.5. The van der Waals surface area contributed by atoms with Gasteiger partial charge in [-0.2, -0.15) is 0 Å². The summed E-state index contributed by atoms with van der Waals surface area (Å²) in [5, 5.41) is 17.4. The molecule has 30 heavy (non-hydrogen) atoms. The molecule has 0 bridgehead atoms. The average molecular weight is 405 g/mol. The van der Waals surface area contributed by atoms with E-state index in [4.69, 9.17) is 4.74 Å². The van der Waals surface area contributed by atoms with Crippen LogP contribution in [0.15, 0.2) is 72.8 Å². The van der Waals surface area contributed by atoms with E-state index in [1.165, 1.54) is 0 Å². The normalized spacial score (nSPS) is 10.8. The average Bonchev–Trinajstić information content (AvgIpc) is 3.13. The Morgan fingerprint density at radius 3 is 2.47 bits per heavy atom. The van der Waals surface area contributed by atoms with Gasteiger partial charge in [0.2, 0.25) is 0 Å². The van der Waals surface area contributed by atoms with Crippen molar-refractivity contribution in [3.05, 3.63) is 78.4 Å². The number of phenols is 1. The van der Waals surface area contributed by atoms with Crippen molar-refractivity contribution in [3.63, 3.8) is 0 Å². The zero-order valence-electron chi connectivity index (χ0n) is 16.7. The number of aromatic amines is 1. The van der Waals surface area contributed by atoms with Crippen LogP contribution in [0.5, 0.6) is 11.5 Å². The van der Waals surface area contributed by atoms with Gasteiger partial charge in [0.1, 0.15) is 11.5 Å². The third-order valence-electron chi connectivity index (χ3n) is 5.21. The van der Waals surface area contributed by atoms with Crippen molar-refractivity contribution in [2.24, 2.45) is 0 Å². The number of carbonyl (C=O) groups excluding carboxylic acids is 1. The summed E-state index contributed by atoms with van der Waals surface area (Å²) in [4.78, 5) is 16.2. The smallest absolute Gasteiger partial charge is 0.507 e. The van der Waals surface area contributed by atoms with Crippen molar-refractivity contribution < 1.29 is 44.2 Å². The molecule has 6 heteroatoms. The number of benzene rings is 4. The summed E-state index contributed by atoms with van der Waals surface area (Å²) < 4.78 is 5.13. The fourth-order valence-electron chi connectivity index (χ4n) is 3.74. The summed E-state index contributed by atoms with van der Waals surface area (Å²) in [6.45, 7) is 0. The number of para-hydroxylation sites is 1. The molecule has 1 heterocycles. The van der Waals surface area contributed by atoms with E-state index in [2.05, 4.69) is 16.4 Å². The van der Waals surface area contributed by atoms with E-state index in [1.807, 2.05) is 30.3 Å². The first kappa shape index (κ1) is 20.3. The van der Waals surface area contributed by atoms with Gasteiger partial charge in [-0.05, 0) is 47.9 Å². The maximum absolute atomic E-state index is 12.7. The van der Waals surface area contributed by atoms with Gasteiger partial charge < -0.3 is 20.1 Å². The second-order valence-electron chi connectivity index (χ2n) is 6.93. The van der Waals surface area contributed by atoms with E-state index in [1.54, 1.807) is 43.5 Å². The molecule has 0 aliphatic rings. The molecule has 1 amide bonds. The van der Waals surface area contributed by atoms with Crippen LogP contribution in [-0.4, -0.2) is 23.1 Å². The summed E-state index contributed by atoms with van der Waals surface area (Å²) in [5.41, 5.74) is 2.84. The van der Waals surface area contributed by atoms with Crippen LogP contribution in [-0.2, 0) is 0 Å². The number of carbonyl (C=O) groups is 1. The molecule has 0 aliphatic heterocycles. The molecule has 5 aromatic rings. The minimum atomic E-state index is -0.369. The molecule has 1 aromatic heterocycles. The quantitative estimate of drug-likeness (QED) is 0.404. The number of H-pyrrole nitrogens is 1. The van der Waals surface area contributed by atoms with Crippen molar-refractivity contribution in [1.82, 2.24) is 4.98 Å². The fourth-order valence-corrected chi connectivity index (χ4v) is 3.74. The Kier molecular flexibility index (Phi) is 5.43. The zero-order chi connectivity index (χ0) is 20.0. The molecule has 0 saturated carbocycles. The number of nitrogens with one attached hydrogen (secondary N) is 2. The fraction of sp³-hybridized carbons (Fsp3) is 0.0417. The first-order valence-corrected chi connectivity index (χ1v) is 9.25. The molecule has 0 fully saturated rings. The van der Waals surface area contributed by atoms with Crippen LogP contribution < -0.4 is 39.6 Å². The molecule has 5 rings (SSSR count). The predicted molar refractivity (Wildman–Crippen MR) is 116 cm³/mol. The second-order valence-corrected chi connectivity index (χ2v) is 6.93. The van der Waals surface area contributed by atoms with Crippen molar-refractivity contribution in [2.45, 2.75) is 0 Å². The van der Waals surface area contributed by atoms with E-state index >= 15 is 0 Å². The Balaban J connectivity index is 0.00000218. The molecule has 0 radical (unpaired) electrons. The standard InChI is InChI=1S/C24H18N2O3.Na/c1-29-16-9-7-15(8-10-16)25-24(28)20-12-14-6-11-18-17-4-2-3-5-21(17)26-23(18)19(14)13-22(20)27;/h2-13,26-27H,1H3,(H,25,28);/q;+1. The summed E-state index contributed by atoms with van der Waals surface area (Å²) in [6.07, 6.45) is 0. The maximum atomic E-state index is 12.7. The zero-order valence-corrected chi connectivity index (χ0v) is 18.7. The topological polar surface area (TPSA) is 74.3 Å². The Bertz CT molecular complexity index is 1390. The van der Waals surface area contributed by atoms with Crippen molar-refractivity contribution in [2.75, 3.05) is 12.4 Å². The van der Waals surface area contributed by atoms with E-state index < -0.39 is 0 Å². The summed E-state index contributed by atoms with van der Waals surface area (Å²) >= 11 is 0. The molecule has 0 spiro atoms. The van der Waals surface area contributed by atoms with E-state index in [0.29, 0.717) is 11.4 Å². The third kappa shape index (κ3) is 3.41. The van der Waals surface area contributed by atoms with Gasteiger partial charge in [0.05, 0.1) is 18.2 Å². The van der Waals surface area contributed by atoms with Crippen LogP contribution in [0.3, 0.4) is 0 Å². The van der Waals surface area contributed by atoms with Gasteiger partial charge in [0, 0.05) is 27.4 Å². The second kappa shape index (κ2) is 8.03. The van der Waals surface area contributed by atoms with Gasteiger partial charge in [-0.1, -0.05) is 30.3 Å². The number of fused-ring (bicyclic) bond motifs is 5. The number of rotatable bonds is 3. The number of hydrogen-bond acceptors (Lipinski definition) is 3. The SMILES string of the molecule is COc1ccc(NC(=O)c2cc3ccc4c5ccccc5[nH]c4c3cc2O)cc1.[Na+]. The van der Waals surface area contributed by atoms with Crippen LogP contribution in [0.25, 0.3) is 32.6 Å². The number of hydrogen-bond donors (Lipinski definition) is 3. The van der Waals surface area contributed by atoms with Crippen molar-refractivity contribution >= 4 is 44.2 Å². The Morgan fingerprint density at radius 1 is 0.933 bits per heavy atom. The number of ether oxygens (including phenoxy) is 1. The first-order chi connectivity index (χ1) is 14.1. The largest absolute Gasteiger partial charge is 1.00 e. The number of aromatic hydroxyl groups is 1.